The molecule has 17 heavy (non-hydrogen) atoms. The molecule has 0 bridgehead atoms. The van der Waals surface area contributed by atoms with E-state index in [0.717, 1.165) is 0 Å². The van der Waals surface area contributed by atoms with E-state index < -0.39 is 10.0 Å². The largest absolute Gasteiger partial charge is 0.398 e. The van der Waals surface area contributed by atoms with Gasteiger partial charge in [-0.05, 0) is 31.5 Å². The van der Waals surface area contributed by atoms with Gasteiger partial charge in [-0.15, -0.1) is 0 Å². The van der Waals surface area contributed by atoms with Crippen molar-refractivity contribution in [3.8, 4) is 0 Å². The smallest absolute Gasteiger partial charge is 0.242 e. The van der Waals surface area contributed by atoms with Crippen LogP contribution in [0.1, 0.15) is 13.3 Å². The van der Waals surface area contributed by atoms with Gasteiger partial charge in [0.05, 0.1) is 5.69 Å². The lowest BCUT2D eigenvalue weighted by Gasteiger charge is -2.08. The second-order valence-electron chi connectivity index (χ2n) is 3.44. The Bertz CT molecular complexity index is 512. The summed E-state index contributed by atoms with van der Waals surface area (Å²) in [5.74, 6) is 0. The molecule has 0 aliphatic heterocycles. The van der Waals surface area contributed by atoms with Crippen LogP contribution in [0, 0.1) is 0 Å². The van der Waals surface area contributed by atoms with Gasteiger partial charge in [0.1, 0.15) is 4.90 Å². The number of anilines is 1. The van der Waals surface area contributed by atoms with Crippen LogP contribution in [-0.4, -0.2) is 15.0 Å². The quantitative estimate of drug-likeness (QED) is 0.491. The Hall–Kier alpha value is -1.04. The van der Waals surface area contributed by atoms with Crippen molar-refractivity contribution in [1.29, 1.82) is 0 Å². The first-order valence-electron chi connectivity index (χ1n) is 5.13. The Kier molecular flexibility index (Phi) is 4.99. The highest BCUT2D eigenvalue weighted by atomic mass is 35.5. The van der Waals surface area contributed by atoms with Crippen molar-refractivity contribution in [3.05, 3.63) is 35.4 Å². The van der Waals surface area contributed by atoms with Gasteiger partial charge in [0, 0.05) is 11.6 Å². The molecule has 0 fully saturated rings. The molecule has 4 nitrogen and oxygen atoms in total. The van der Waals surface area contributed by atoms with E-state index in [9.17, 15) is 8.42 Å². The molecule has 94 valence electrons. The fraction of sp³-hybridized carbons (Fsp3) is 0.273. The molecule has 0 atom stereocenters. The average molecular weight is 275 g/mol. The van der Waals surface area contributed by atoms with Crippen LogP contribution in [0.15, 0.2) is 35.2 Å². The monoisotopic (exact) mass is 274 g/mol. The van der Waals surface area contributed by atoms with Crippen LogP contribution in [0.5, 0.6) is 0 Å². The van der Waals surface area contributed by atoms with Gasteiger partial charge in [-0.2, -0.15) is 0 Å². The van der Waals surface area contributed by atoms with Gasteiger partial charge in [-0.3, -0.25) is 0 Å². The summed E-state index contributed by atoms with van der Waals surface area (Å²) in [7, 11) is -3.56. The number of nitrogen functional groups attached to an aromatic ring is 1. The van der Waals surface area contributed by atoms with Crippen LogP contribution in [0.4, 0.5) is 5.69 Å². The van der Waals surface area contributed by atoms with Crippen LogP contribution in [0.2, 0.25) is 5.02 Å². The van der Waals surface area contributed by atoms with Crippen LogP contribution in [0.25, 0.3) is 0 Å². The number of nitrogens with two attached hydrogens (primary N) is 1. The summed E-state index contributed by atoms with van der Waals surface area (Å²) in [5.41, 5.74) is 5.77. The molecule has 3 N–H and O–H groups in total. The number of benzene rings is 1. The van der Waals surface area contributed by atoms with Crippen molar-refractivity contribution in [2.45, 2.75) is 18.2 Å². The summed E-state index contributed by atoms with van der Waals surface area (Å²) in [6.45, 7) is 2.22. The van der Waals surface area contributed by atoms with Crippen molar-refractivity contribution in [1.82, 2.24) is 4.72 Å². The Balaban J connectivity index is 2.82. The van der Waals surface area contributed by atoms with E-state index in [0.29, 0.717) is 18.0 Å². The number of nitrogens with one attached hydrogen (secondary N) is 1. The van der Waals surface area contributed by atoms with E-state index in [4.69, 9.17) is 17.3 Å². The molecule has 1 rings (SSSR count). The Morgan fingerprint density at radius 2 is 2.18 bits per heavy atom. The summed E-state index contributed by atoms with van der Waals surface area (Å²) in [6, 6.07) is 4.32. The number of halogens is 1. The molecule has 0 saturated carbocycles. The third-order valence-electron chi connectivity index (χ3n) is 2.10. The summed E-state index contributed by atoms with van der Waals surface area (Å²) in [5, 5.41) is 0.412. The SMILES string of the molecule is C/C=C/CCNS(=O)(=O)c1ccc(Cl)cc1N. The van der Waals surface area contributed by atoms with Crippen molar-refractivity contribution >= 4 is 27.3 Å². The zero-order valence-corrected chi connectivity index (χ0v) is 11.1. The summed E-state index contributed by atoms with van der Waals surface area (Å²) < 4.78 is 26.2. The number of hydrogen-bond acceptors (Lipinski definition) is 3. The number of hydrogen-bond donors (Lipinski definition) is 2. The first kappa shape index (κ1) is 14.0. The topological polar surface area (TPSA) is 72.2 Å². The van der Waals surface area contributed by atoms with Crippen molar-refractivity contribution in [2.24, 2.45) is 0 Å². The van der Waals surface area contributed by atoms with Gasteiger partial charge in [0.2, 0.25) is 10.0 Å². The maximum absolute atomic E-state index is 11.9. The molecule has 0 aromatic heterocycles. The third kappa shape index (κ3) is 4.03. The standard InChI is InChI=1S/C11H15ClN2O2S/c1-2-3-4-7-14-17(15,16)11-6-5-9(12)8-10(11)13/h2-3,5-6,8,14H,4,7,13H2,1H3/b3-2+. The van der Waals surface area contributed by atoms with Crippen LogP contribution < -0.4 is 10.5 Å². The predicted molar refractivity (Wildman–Crippen MR) is 70.5 cm³/mol. The van der Waals surface area contributed by atoms with Gasteiger partial charge >= 0.3 is 0 Å². The molecule has 0 saturated heterocycles. The molecular weight excluding hydrogens is 260 g/mol. The van der Waals surface area contributed by atoms with E-state index >= 15 is 0 Å². The summed E-state index contributed by atoms with van der Waals surface area (Å²) in [4.78, 5) is 0.0578. The van der Waals surface area contributed by atoms with Crippen molar-refractivity contribution in [3.63, 3.8) is 0 Å². The maximum atomic E-state index is 11.9. The fourth-order valence-electron chi connectivity index (χ4n) is 1.29. The van der Waals surface area contributed by atoms with E-state index in [1.165, 1.54) is 18.2 Å². The van der Waals surface area contributed by atoms with E-state index in [2.05, 4.69) is 4.72 Å². The minimum absolute atomic E-state index is 0.0578. The zero-order valence-electron chi connectivity index (χ0n) is 9.48. The molecular formula is C11H15ClN2O2S. The number of rotatable bonds is 5. The van der Waals surface area contributed by atoms with Crippen LogP contribution in [-0.2, 0) is 10.0 Å². The van der Waals surface area contributed by atoms with Crippen molar-refractivity contribution < 1.29 is 8.42 Å². The highest BCUT2D eigenvalue weighted by molar-refractivity contribution is 7.89. The highest BCUT2D eigenvalue weighted by Crippen LogP contribution is 2.22. The molecule has 0 radical (unpaired) electrons. The van der Waals surface area contributed by atoms with Gasteiger partial charge in [0.15, 0.2) is 0 Å². The maximum Gasteiger partial charge on any atom is 0.242 e. The Labute approximate surface area is 107 Å². The molecule has 0 aliphatic rings. The van der Waals surface area contributed by atoms with Gasteiger partial charge in [-0.25, -0.2) is 13.1 Å². The van der Waals surface area contributed by atoms with Crippen LogP contribution >= 0.6 is 11.6 Å². The molecule has 0 spiro atoms. The lowest BCUT2D eigenvalue weighted by molar-refractivity contribution is 0.582. The predicted octanol–water partition coefficient (Wildman–Crippen LogP) is 2.17. The first-order valence-corrected chi connectivity index (χ1v) is 6.99. The fourth-order valence-corrected chi connectivity index (χ4v) is 2.62. The molecule has 1 aromatic rings. The second kappa shape index (κ2) is 6.05. The Morgan fingerprint density at radius 3 is 2.76 bits per heavy atom. The van der Waals surface area contributed by atoms with Gasteiger partial charge in [-0.1, -0.05) is 23.8 Å². The van der Waals surface area contributed by atoms with E-state index in [-0.39, 0.29) is 10.6 Å². The first-order chi connectivity index (χ1) is 7.97. The molecule has 0 aliphatic carbocycles. The minimum Gasteiger partial charge on any atom is -0.398 e. The van der Waals surface area contributed by atoms with Gasteiger partial charge < -0.3 is 5.73 Å². The van der Waals surface area contributed by atoms with Crippen LogP contribution in [0.3, 0.4) is 0 Å². The van der Waals surface area contributed by atoms with Gasteiger partial charge in [0.25, 0.3) is 0 Å². The molecule has 1 aromatic carbocycles. The summed E-state index contributed by atoms with van der Waals surface area (Å²) >= 11 is 5.71. The number of sulfonamides is 1. The lowest BCUT2D eigenvalue weighted by Crippen LogP contribution is -2.25. The average Bonchev–Trinajstić information content (AvgIpc) is 2.24. The second-order valence-corrected chi connectivity index (χ2v) is 5.61. The summed E-state index contributed by atoms with van der Waals surface area (Å²) in [6.07, 6.45) is 4.39. The highest BCUT2D eigenvalue weighted by Gasteiger charge is 2.16. The lowest BCUT2D eigenvalue weighted by atomic mass is 10.3. The zero-order chi connectivity index (χ0) is 12.9. The van der Waals surface area contributed by atoms with Crippen molar-refractivity contribution in [2.75, 3.05) is 12.3 Å². The van der Waals surface area contributed by atoms with E-state index in [1.54, 1.807) is 0 Å². The molecule has 0 unspecified atom stereocenters. The van der Waals surface area contributed by atoms with E-state index in [1.807, 2.05) is 19.1 Å². The normalized spacial score (nSPS) is 12.1. The molecule has 0 amide bonds. The third-order valence-corrected chi connectivity index (χ3v) is 3.87. The number of allylic oxidation sites excluding steroid dienone is 1. The minimum atomic E-state index is -3.56. The molecule has 6 heteroatoms. The Morgan fingerprint density at radius 1 is 1.47 bits per heavy atom. The molecule has 0 heterocycles.